The molecule has 0 heterocycles. The monoisotopic (exact) mass is 194 g/mol. The van der Waals surface area contributed by atoms with E-state index in [1.54, 1.807) is 0 Å². The third kappa shape index (κ3) is 1.22. The maximum absolute atomic E-state index is 10.5. The van der Waals surface area contributed by atoms with Crippen LogP contribution < -0.4 is 5.73 Å². The average Bonchev–Trinajstić information content (AvgIpc) is 2.46. The molecule has 0 saturated carbocycles. The first-order chi connectivity index (χ1) is 6.59. The summed E-state index contributed by atoms with van der Waals surface area (Å²) in [6.45, 7) is 0. The Hall–Kier alpha value is -1.62. The van der Waals surface area contributed by atoms with Crippen LogP contribution in [0.1, 0.15) is 23.6 Å². The molecule has 1 aliphatic carbocycles. The van der Waals surface area contributed by atoms with Crippen LogP contribution in [0.3, 0.4) is 0 Å². The van der Waals surface area contributed by atoms with E-state index in [1.165, 1.54) is 12.1 Å². The number of fused-ring (bicyclic) bond motifs is 1. The van der Waals surface area contributed by atoms with Gasteiger partial charge in [-0.25, -0.2) is 0 Å². The minimum atomic E-state index is -0.584. The number of nitro groups is 1. The van der Waals surface area contributed by atoms with E-state index in [-0.39, 0.29) is 17.5 Å². The lowest BCUT2D eigenvalue weighted by Gasteiger charge is -2.05. The summed E-state index contributed by atoms with van der Waals surface area (Å²) in [4.78, 5) is 9.93. The number of hydrogen-bond donors (Lipinski definition) is 2. The molecule has 0 spiro atoms. The number of rotatable bonds is 1. The molecular formula is C9H10N2O3. The summed E-state index contributed by atoms with van der Waals surface area (Å²) < 4.78 is 0. The molecule has 5 heteroatoms. The van der Waals surface area contributed by atoms with Crippen LogP contribution in [0.15, 0.2) is 12.1 Å². The van der Waals surface area contributed by atoms with Gasteiger partial charge < -0.3 is 10.8 Å². The van der Waals surface area contributed by atoms with Gasteiger partial charge in [0.1, 0.15) is 0 Å². The zero-order chi connectivity index (χ0) is 10.3. The molecule has 14 heavy (non-hydrogen) atoms. The molecule has 0 amide bonds. The fourth-order valence-electron chi connectivity index (χ4n) is 1.81. The van der Waals surface area contributed by atoms with Gasteiger partial charge in [-0.15, -0.1) is 0 Å². The number of benzene rings is 1. The summed E-state index contributed by atoms with van der Waals surface area (Å²) in [5, 5.41) is 19.9. The predicted molar refractivity (Wildman–Crippen MR) is 50.0 cm³/mol. The van der Waals surface area contributed by atoms with E-state index in [0.717, 1.165) is 24.0 Å². The molecule has 1 aromatic carbocycles. The first kappa shape index (κ1) is 8.96. The Morgan fingerprint density at radius 1 is 1.57 bits per heavy atom. The topological polar surface area (TPSA) is 89.4 Å². The summed E-state index contributed by atoms with van der Waals surface area (Å²) in [5.74, 6) is -0.300. The Kier molecular flexibility index (Phi) is 1.89. The number of hydrogen-bond acceptors (Lipinski definition) is 4. The number of nitro benzene ring substituents is 1. The van der Waals surface area contributed by atoms with Crippen LogP contribution >= 0.6 is 0 Å². The Balaban J connectivity index is 2.55. The Morgan fingerprint density at radius 2 is 2.29 bits per heavy atom. The number of aryl methyl sites for hydroxylation is 1. The van der Waals surface area contributed by atoms with Gasteiger partial charge in [-0.3, -0.25) is 10.1 Å². The Morgan fingerprint density at radius 3 is 2.93 bits per heavy atom. The summed E-state index contributed by atoms with van der Waals surface area (Å²) in [7, 11) is 0. The highest BCUT2D eigenvalue weighted by molar-refractivity contribution is 5.53. The van der Waals surface area contributed by atoms with Crippen molar-refractivity contribution < 1.29 is 10.0 Å². The molecule has 74 valence electrons. The van der Waals surface area contributed by atoms with Crippen LogP contribution in [-0.2, 0) is 6.42 Å². The van der Waals surface area contributed by atoms with E-state index in [2.05, 4.69) is 0 Å². The van der Waals surface area contributed by atoms with E-state index in [1.807, 2.05) is 0 Å². The van der Waals surface area contributed by atoms with Crippen molar-refractivity contribution in [3.8, 4) is 5.75 Å². The fraction of sp³-hybridized carbons (Fsp3) is 0.333. The number of nitrogens with two attached hydrogens (primary N) is 1. The van der Waals surface area contributed by atoms with Crippen molar-refractivity contribution in [2.75, 3.05) is 0 Å². The first-order valence-corrected chi connectivity index (χ1v) is 4.35. The van der Waals surface area contributed by atoms with Crippen LogP contribution in [0.4, 0.5) is 5.69 Å². The molecule has 5 nitrogen and oxygen atoms in total. The molecule has 0 radical (unpaired) electrons. The van der Waals surface area contributed by atoms with Gasteiger partial charge in [0.05, 0.1) is 4.92 Å². The van der Waals surface area contributed by atoms with E-state index in [9.17, 15) is 15.2 Å². The van der Waals surface area contributed by atoms with E-state index in [4.69, 9.17) is 5.73 Å². The lowest BCUT2D eigenvalue weighted by atomic mass is 10.1. The van der Waals surface area contributed by atoms with Gasteiger partial charge >= 0.3 is 5.69 Å². The smallest absolute Gasteiger partial charge is 0.310 e. The SMILES string of the molecule is N[C@H]1CCc2cc([N+](=O)[O-])c(O)cc21. The van der Waals surface area contributed by atoms with Crippen molar-refractivity contribution in [2.24, 2.45) is 5.73 Å². The van der Waals surface area contributed by atoms with E-state index < -0.39 is 4.92 Å². The summed E-state index contributed by atoms with van der Waals surface area (Å²) in [6, 6.07) is 2.72. The van der Waals surface area contributed by atoms with Crippen LogP contribution in [0.25, 0.3) is 0 Å². The quantitative estimate of drug-likeness (QED) is 0.520. The van der Waals surface area contributed by atoms with Crippen molar-refractivity contribution in [1.82, 2.24) is 0 Å². The third-order valence-corrected chi connectivity index (χ3v) is 2.56. The van der Waals surface area contributed by atoms with Crippen LogP contribution in [-0.4, -0.2) is 10.0 Å². The minimum Gasteiger partial charge on any atom is -0.502 e. The number of nitrogens with zero attached hydrogens (tertiary/aromatic N) is 1. The standard InChI is InChI=1S/C9H10N2O3/c10-7-2-1-5-3-8(11(13)14)9(12)4-6(5)7/h3-4,7,12H,1-2,10H2/t7-/m0/s1. The predicted octanol–water partition coefficient (Wildman–Crippen LogP) is 1.25. The molecule has 0 fully saturated rings. The van der Waals surface area contributed by atoms with Gasteiger partial charge in [-0.05, 0) is 30.0 Å². The Bertz CT molecular complexity index is 403. The summed E-state index contributed by atoms with van der Waals surface area (Å²) >= 11 is 0. The van der Waals surface area contributed by atoms with Crippen molar-refractivity contribution in [2.45, 2.75) is 18.9 Å². The second-order valence-corrected chi connectivity index (χ2v) is 3.44. The number of phenolic OH excluding ortho intramolecular Hbond substituents is 1. The lowest BCUT2D eigenvalue weighted by Crippen LogP contribution is -2.05. The molecule has 1 aromatic rings. The molecule has 0 unspecified atom stereocenters. The van der Waals surface area contributed by atoms with Crippen molar-refractivity contribution in [1.29, 1.82) is 0 Å². The molecule has 0 saturated heterocycles. The van der Waals surface area contributed by atoms with E-state index in [0.29, 0.717) is 0 Å². The Labute approximate surface area is 80.3 Å². The minimum absolute atomic E-state index is 0.100. The van der Waals surface area contributed by atoms with Crippen LogP contribution in [0, 0.1) is 10.1 Å². The van der Waals surface area contributed by atoms with Crippen molar-refractivity contribution >= 4 is 5.69 Å². The van der Waals surface area contributed by atoms with Gasteiger partial charge in [-0.1, -0.05) is 0 Å². The molecule has 2 rings (SSSR count). The highest BCUT2D eigenvalue weighted by Gasteiger charge is 2.24. The highest BCUT2D eigenvalue weighted by atomic mass is 16.6. The molecule has 3 N–H and O–H groups in total. The zero-order valence-corrected chi connectivity index (χ0v) is 7.43. The van der Waals surface area contributed by atoms with Crippen molar-refractivity contribution in [3.05, 3.63) is 33.4 Å². The normalized spacial score (nSPS) is 19.4. The third-order valence-electron chi connectivity index (χ3n) is 2.56. The largest absolute Gasteiger partial charge is 0.502 e. The van der Waals surface area contributed by atoms with Gasteiger partial charge in [-0.2, -0.15) is 0 Å². The average molecular weight is 194 g/mol. The molecule has 1 aliphatic rings. The first-order valence-electron chi connectivity index (χ1n) is 4.35. The van der Waals surface area contributed by atoms with E-state index >= 15 is 0 Å². The molecule has 0 aliphatic heterocycles. The van der Waals surface area contributed by atoms with Gasteiger partial charge in [0.25, 0.3) is 0 Å². The highest BCUT2D eigenvalue weighted by Crippen LogP contribution is 2.37. The maximum atomic E-state index is 10.5. The second-order valence-electron chi connectivity index (χ2n) is 3.44. The van der Waals surface area contributed by atoms with Crippen molar-refractivity contribution in [3.63, 3.8) is 0 Å². The maximum Gasteiger partial charge on any atom is 0.310 e. The molecule has 0 aromatic heterocycles. The molecular weight excluding hydrogens is 184 g/mol. The summed E-state index contributed by atoms with van der Waals surface area (Å²) in [6.07, 6.45) is 1.54. The number of aromatic hydroxyl groups is 1. The number of phenols is 1. The van der Waals surface area contributed by atoms with Gasteiger partial charge in [0, 0.05) is 12.1 Å². The van der Waals surface area contributed by atoms with Gasteiger partial charge in [0.15, 0.2) is 5.75 Å². The van der Waals surface area contributed by atoms with Crippen LogP contribution in [0.5, 0.6) is 5.75 Å². The zero-order valence-electron chi connectivity index (χ0n) is 7.43. The second kappa shape index (κ2) is 2.95. The fourth-order valence-corrected chi connectivity index (χ4v) is 1.81. The molecule has 0 bridgehead atoms. The lowest BCUT2D eigenvalue weighted by molar-refractivity contribution is -0.385. The van der Waals surface area contributed by atoms with Crippen LogP contribution in [0.2, 0.25) is 0 Å². The van der Waals surface area contributed by atoms with Gasteiger partial charge in [0.2, 0.25) is 0 Å². The summed E-state index contributed by atoms with van der Waals surface area (Å²) in [5.41, 5.74) is 7.23. The molecule has 1 atom stereocenters.